The lowest BCUT2D eigenvalue weighted by atomic mass is 10.1. The van der Waals surface area contributed by atoms with Crippen molar-refractivity contribution in [2.24, 2.45) is 0 Å². The van der Waals surface area contributed by atoms with Crippen LogP contribution in [0.3, 0.4) is 0 Å². The summed E-state index contributed by atoms with van der Waals surface area (Å²) in [6, 6.07) is 10.2. The number of hydrogen-bond acceptors (Lipinski definition) is 4. The van der Waals surface area contributed by atoms with Crippen molar-refractivity contribution in [1.29, 1.82) is 0 Å². The highest BCUT2D eigenvalue weighted by atomic mass is 32.1. The first-order chi connectivity index (χ1) is 12.2. The van der Waals surface area contributed by atoms with Crippen molar-refractivity contribution < 1.29 is 9.18 Å². The number of carbonyl (C=O) groups is 1. The Hall–Kier alpha value is -2.60. The van der Waals surface area contributed by atoms with Crippen LogP contribution in [0.5, 0.6) is 0 Å². The van der Waals surface area contributed by atoms with E-state index in [4.69, 9.17) is 0 Å². The van der Waals surface area contributed by atoms with E-state index in [2.05, 4.69) is 15.3 Å². The molecular formula is C19H18FN3OS. The molecule has 2 heterocycles. The third-order valence-corrected chi connectivity index (χ3v) is 4.66. The summed E-state index contributed by atoms with van der Waals surface area (Å²) in [4.78, 5) is 20.6. The first kappa shape index (κ1) is 17.2. The van der Waals surface area contributed by atoms with Gasteiger partial charge in [-0.1, -0.05) is 12.1 Å². The number of amides is 1. The van der Waals surface area contributed by atoms with Gasteiger partial charge in [0, 0.05) is 36.3 Å². The van der Waals surface area contributed by atoms with Crippen molar-refractivity contribution in [2.75, 3.05) is 6.54 Å². The average molecular weight is 355 g/mol. The number of halogens is 1. The van der Waals surface area contributed by atoms with Crippen LogP contribution in [0.25, 0.3) is 10.6 Å². The summed E-state index contributed by atoms with van der Waals surface area (Å²) in [5, 5.41) is 5.78. The molecule has 0 fully saturated rings. The van der Waals surface area contributed by atoms with Crippen LogP contribution in [0.4, 0.5) is 4.39 Å². The van der Waals surface area contributed by atoms with Crippen LogP contribution in [-0.2, 0) is 17.6 Å². The zero-order valence-electron chi connectivity index (χ0n) is 13.6. The Morgan fingerprint density at radius 3 is 2.76 bits per heavy atom. The van der Waals surface area contributed by atoms with Crippen molar-refractivity contribution in [3.63, 3.8) is 0 Å². The topological polar surface area (TPSA) is 54.9 Å². The van der Waals surface area contributed by atoms with Crippen molar-refractivity contribution >= 4 is 17.2 Å². The largest absolute Gasteiger partial charge is 0.356 e. The Morgan fingerprint density at radius 2 is 2.00 bits per heavy atom. The van der Waals surface area contributed by atoms with Crippen LogP contribution in [-0.4, -0.2) is 22.4 Å². The van der Waals surface area contributed by atoms with Crippen molar-refractivity contribution in [1.82, 2.24) is 15.3 Å². The van der Waals surface area contributed by atoms with Crippen LogP contribution in [0, 0.1) is 5.82 Å². The third kappa shape index (κ3) is 5.19. The van der Waals surface area contributed by atoms with Gasteiger partial charge in [0.15, 0.2) is 0 Å². The van der Waals surface area contributed by atoms with Gasteiger partial charge in [0.05, 0.1) is 5.69 Å². The maximum absolute atomic E-state index is 12.8. The Bertz CT molecular complexity index is 818. The first-order valence-electron chi connectivity index (χ1n) is 8.06. The third-order valence-electron chi connectivity index (χ3n) is 3.72. The normalized spacial score (nSPS) is 10.6. The molecule has 128 valence electrons. The predicted molar refractivity (Wildman–Crippen MR) is 96.8 cm³/mol. The molecule has 0 aliphatic carbocycles. The minimum absolute atomic E-state index is 0.00182. The van der Waals surface area contributed by atoms with Gasteiger partial charge in [0.25, 0.3) is 0 Å². The van der Waals surface area contributed by atoms with E-state index in [1.54, 1.807) is 35.9 Å². The average Bonchev–Trinajstić information content (AvgIpc) is 3.11. The number of aromatic nitrogens is 2. The SMILES string of the molecule is O=C(CCc1csc(-c2cccnc2)n1)NCCc1ccc(F)cc1. The predicted octanol–water partition coefficient (Wildman–Crippen LogP) is 3.64. The molecule has 0 atom stereocenters. The minimum Gasteiger partial charge on any atom is -0.356 e. The quantitative estimate of drug-likeness (QED) is 0.704. The van der Waals surface area contributed by atoms with Crippen LogP contribution in [0.1, 0.15) is 17.7 Å². The number of nitrogens with zero attached hydrogens (tertiary/aromatic N) is 2. The molecule has 0 radical (unpaired) electrons. The number of carbonyl (C=O) groups excluding carboxylic acids is 1. The van der Waals surface area contributed by atoms with Gasteiger partial charge >= 0.3 is 0 Å². The number of rotatable bonds is 7. The fraction of sp³-hybridized carbons (Fsp3) is 0.211. The second kappa shape index (κ2) is 8.48. The smallest absolute Gasteiger partial charge is 0.220 e. The molecule has 2 aromatic heterocycles. The van der Waals surface area contributed by atoms with Gasteiger partial charge in [-0.05, 0) is 42.7 Å². The van der Waals surface area contributed by atoms with Crippen LogP contribution in [0.15, 0.2) is 54.2 Å². The van der Waals surface area contributed by atoms with E-state index >= 15 is 0 Å². The maximum Gasteiger partial charge on any atom is 0.220 e. The molecule has 3 aromatic rings. The van der Waals surface area contributed by atoms with E-state index in [9.17, 15) is 9.18 Å². The van der Waals surface area contributed by atoms with Gasteiger partial charge in [-0.15, -0.1) is 11.3 Å². The summed E-state index contributed by atoms with van der Waals surface area (Å²) in [6.07, 6.45) is 5.21. The standard InChI is InChI=1S/C19H18FN3OS/c20-16-5-3-14(4-6-16)9-11-22-18(24)8-7-17-13-25-19(23-17)15-2-1-10-21-12-15/h1-6,10,12-13H,7-9,11H2,(H,22,24). The number of benzene rings is 1. The van der Waals surface area contributed by atoms with E-state index in [0.717, 1.165) is 21.8 Å². The van der Waals surface area contributed by atoms with Gasteiger partial charge in [0.1, 0.15) is 10.8 Å². The minimum atomic E-state index is -0.248. The zero-order chi connectivity index (χ0) is 17.5. The first-order valence-corrected chi connectivity index (χ1v) is 8.94. The van der Waals surface area contributed by atoms with E-state index in [-0.39, 0.29) is 11.7 Å². The molecule has 1 aromatic carbocycles. The lowest BCUT2D eigenvalue weighted by Gasteiger charge is -2.05. The van der Waals surface area contributed by atoms with E-state index in [1.807, 2.05) is 17.5 Å². The van der Waals surface area contributed by atoms with Gasteiger partial charge in [0.2, 0.25) is 5.91 Å². The monoisotopic (exact) mass is 355 g/mol. The molecule has 0 spiro atoms. The summed E-state index contributed by atoms with van der Waals surface area (Å²) in [7, 11) is 0. The molecule has 3 rings (SSSR count). The van der Waals surface area contributed by atoms with Crippen LogP contribution < -0.4 is 5.32 Å². The molecule has 4 nitrogen and oxygen atoms in total. The van der Waals surface area contributed by atoms with Crippen molar-refractivity contribution in [3.8, 4) is 10.6 Å². The van der Waals surface area contributed by atoms with Gasteiger partial charge < -0.3 is 5.32 Å². The Balaban J connectivity index is 1.42. The zero-order valence-corrected chi connectivity index (χ0v) is 14.4. The highest BCUT2D eigenvalue weighted by molar-refractivity contribution is 7.13. The molecule has 0 aliphatic rings. The number of nitrogens with one attached hydrogen (secondary N) is 1. The molecule has 0 saturated carbocycles. The van der Waals surface area contributed by atoms with E-state index in [0.29, 0.717) is 25.8 Å². The number of hydrogen-bond donors (Lipinski definition) is 1. The van der Waals surface area contributed by atoms with Gasteiger partial charge in [-0.25, -0.2) is 9.37 Å². The summed E-state index contributed by atoms with van der Waals surface area (Å²) in [5.41, 5.74) is 2.90. The molecule has 0 unspecified atom stereocenters. The summed E-state index contributed by atoms with van der Waals surface area (Å²) in [6.45, 7) is 0.544. The van der Waals surface area contributed by atoms with Crippen molar-refractivity contribution in [2.45, 2.75) is 19.3 Å². The summed E-state index contributed by atoms with van der Waals surface area (Å²) < 4.78 is 12.8. The van der Waals surface area contributed by atoms with E-state index < -0.39 is 0 Å². The summed E-state index contributed by atoms with van der Waals surface area (Å²) >= 11 is 1.56. The molecule has 0 saturated heterocycles. The highest BCUT2D eigenvalue weighted by Crippen LogP contribution is 2.23. The Kier molecular flexibility index (Phi) is 5.85. The second-order valence-electron chi connectivity index (χ2n) is 5.61. The van der Waals surface area contributed by atoms with Crippen LogP contribution in [0.2, 0.25) is 0 Å². The van der Waals surface area contributed by atoms with E-state index in [1.165, 1.54) is 12.1 Å². The number of pyridine rings is 1. The molecule has 0 bridgehead atoms. The second-order valence-corrected chi connectivity index (χ2v) is 6.47. The fourth-order valence-corrected chi connectivity index (χ4v) is 3.22. The van der Waals surface area contributed by atoms with Gasteiger partial charge in [-0.3, -0.25) is 9.78 Å². The molecule has 25 heavy (non-hydrogen) atoms. The molecule has 6 heteroatoms. The van der Waals surface area contributed by atoms with Gasteiger partial charge in [-0.2, -0.15) is 0 Å². The Labute approximate surface area is 149 Å². The van der Waals surface area contributed by atoms with Crippen molar-refractivity contribution in [3.05, 3.63) is 71.2 Å². The highest BCUT2D eigenvalue weighted by Gasteiger charge is 2.07. The van der Waals surface area contributed by atoms with Crippen LogP contribution >= 0.6 is 11.3 Å². The Morgan fingerprint density at radius 1 is 1.16 bits per heavy atom. The lowest BCUT2D eigenvalue weighted by Crippen LogP contribution is -2.25. The summed E-state index contributed by atoms with van der Waals surface area (Å²) in [5.74, 6) is -0.250. The maximum atomic E-state index is 12.8. The number of aryl methyl sites for hydroxylation is 1. The lowest BCUT2D eigenvalue weighted by molar-refractivity contribution is -0.121. The molecular weight excluding hydrogens is 337 g/mol. The number of thiazole rings is 1. The molecule has 1 amide bonds. The molecule has 1 N–H and O–H groups in total. The fourth-order valence-electron chi connectivity index (χ4n) is 2.37. The molecule has 0 aliphatic heterocycles.